The molecule has 0 amide bonds. The Balaban J connectivity index is 2.88. The van der Waals surface area contributed by atoms with Crippen LogP contribution in [0.3, 0.4) is 0 Å². The summed E-state index contributed by atoms with van der Waals surface area (Å²) in [4.78, 5) is 4.09. The van der Waals surface area contributed by atoms with E-state index < -0.39 is 0 Å². The van der Waals surface area contributed by atoms with Gasteiger partial charge in [-0.25, -0.2) is 4.98 Å². The van der Waals surface area contributed by atoms with Crippen molar-refractivity contribution in [2.45, 2.75) is 0 Å². The minimum Gasteiger partial charge on any atom is -0.373 e. The largest absolute Gasteiger partial charge is 0.373 e. The summed E-state index contributed by atoms with van der Waals surface area (Å²) in [5.74, 6) is 0.917. The number of anilines is 1. The zero-order chi connectivity index (χ0) is 6.69. The molecule has 1 rings (SSSR count). The van der Waals surface area contributed by atoms with Crippen LogP contribution in [0, 0.1) is 0 Å². The fourth-order valence-electron chi connectivity index (χ4n) is 0.616. The van der Waals surface area contributed by atoms with Gasteiger partial charge in [-0.1, -0.05) is 11.5 Å². The van der Waals surface area contributed by atoms with Crippen LogP contribution in [0.1, 0.15) is 0 Å². The van der Waals surface area contributed by atoms with Gasteiger partial charge < -0.3 is 5.32 Å². The first-order valence-corrected chi connectivity index (χ1v) is 2.93. The highest BCUT2D eigenvalue weighted by Crippen LogP contribution is 1.93. The van der Waals surface area contributed by atoms with Crippen LogP contribution in [0.2, 0.25) is 0 Å². The second kappa shape index (κ2) is 2.53. The van der Waals surface area contributed by atoms with Crippen LogP contribution in [0.25, 0.3) is 0 Å². The molecule has 0 spiro atoms. The highest BCUT2D eigenvalue weighted by molar-refractivity contribution is 6.32. The number of nitrogens with zero attached hydrogens (tertiary/aromatic N) is 1. The molecule has 0 saturated heterocycles. The molecule has 1 N–H and O–H groups in total. The third-order valence-electron chi connectivity index (χ3n) is 1.17. The summed E-state index contributed by atoms with van der Waals surface area (Å²) >= 11 is 0. The van der Waals surface area contributed by atoms with Crippen LogP contribution in [0.4, 0.5) is 5.82 Å². The molecule has 2 nitrogen and oxygen atoms in total. The monoisotopic (exact) mass is 120 g/mol. The summed E-state index contributed by atoms with van der Waals surface area (Å²) in [6.45, 7) is 0. The lowest BCUT2D eigenvalue weighted by Crippen LogP contribution is -2.03. The molecule has 0 aliphatic heterocycles. The maximum atomic E-state index is 4.09. The normalized spacial score (nSPS) is 9.00. The topological polar surface area (TPSA) is 24.9 Å². The predicted molar refractivity (Wildman–Crippen MR) is 42.0 cm³/mol. The Kier molecular flexibility index (Phi) is 1.73. The minimum absolute atomic E-state index is 0.917. The fraction of sp³-hybridized carbons (Fsp3) is 0.167. The summed E-state index contributed by atoms with van der Waals surface area (Å²) in [5.41, 5.74) is 1.19. The summed E-state index contributed by atoms with van der Waals surface area (Å²) in [6, 6.07) is 3.98. The Morgan fingerprint density at radius 3 is 2.78 bits per heavy atom. The smallest absolute Gasteiger partial charge is 0.141 e. The molecule has 0 aromatic carbocycles. The van der Waals surface area contributed by atoms with Crippen molar-refractivity contribution in [2.75, 3.05) is 12.4 Å². The van der Waals surface area contributed by atoms with Gasteiger partial charge in [0.2, 0.25) is 0 Å². The van der Waals surface area contributed by atoms with E-state index in [0.29, 0.717) is 0 Å². The molecule has 1 heterocycles. The number of hydrogen-bond donors (Lipinski definition) is 1. The number of pyridine rings is 1. The quantitative estimate of drug-likeness (QED) is 0.499. The molecule has 0 atom stereocenters. The van der Waals surface area contributed by atoms with Crippen molar-refractivity contribution in [1.82, 2.24) is 4.98 Å². The SMILES string of the molecule is Bc1ccc(NC)nc1. The Morgan fingerprint density at radius 1 is 1.56 bits per heavy atom. The molecule has 0 aliphatic rings. The van der Waals surface area contributed by atoms with Gasteiger partial charge in [0.15, 0.2) is 0 Å². The van der Waals surface area contributed by atoms with Crippen molar-refractivity contribution in [3.05, 3.63) is 18.3 Å². The van der Waals surface area contributed by atoms with Gasteiger partial charge in [-0.3, -0.25) is 0 Å². The van der Waals surface area contributed by atoms with E-state index in [4.69, 9.17) is 0 Å². The Morgan fingerprint density at radius 2 is 2.33 bits per heavy atom. The summed E-state index contributed by atoms with van der Waals surface area (Å²) in [6.07, 6.45) is 1.84. The van der Waals surface area contributed by atoms with E-state index in [1.165, 1.54) is 5.46 Å². The molecule has 9 heavy (non-hydrogen) atoms. The zero-order valence-corrected chi connectivity index (χ0v) is 5.68. The highest BCUT2D eigenvalue weighted by atomic mass is 14.9. The van der Waals surface area contributed by atoms with E-state index in [-0.39, 0.29) is 0 Å². The molecule has 1 aromatic heterocycles. The maximum absolute atomic E-state index is 4.09. The van der Waals surface area contributed by atoms with Crippen molar-refractivity contribution in [3.63, 3.8) is 0 Å². The third-order valence-corrected chi connectivity index (χ3v) is 1.17. The van der Waals surface area contributed by atoms with E-state index in [0.717, 1.165) is 5.82 Å². The average molecular weight is 120 g/mol. The number of aromatic nitrogens is 1. The Hall–Kier alpha value is -0.985. The van der Waals surface area contributed by atoms with Gasteiger partial charge in [0.25, 0.3) is 0 Å². The molecule has 0 bridgehead atoms. The molecule has 0 unspecified atom stereocenters. The van der Waals surface area contributed by atoms with Crippen LogP contribution in [-0.4, -0.2) is 19.9 Å². The number of rotatable bonds is 1. The standard InChI is InChI=1S/C6H9BN2/c1-8-6-3-2-5(7)4-9-6/h2-4H,7H2,1H3,(H,8,9). The maximum Gasteiger partial charge on any atom is 0.141 e. The number of hydrogen-bond acceptors (Lipinski definition) is 2. The van der Waals surface area contributed by atoms with E-state index in [2.05, 4.69) is 10.3 Å². The van der Waals surface area contributed by atoms with Gasteiger partial charge in [0, 0.05) is 13.2 Å². The predicted octanol–water partition coefficient (Wildman–Crippen LogP) is -0.618. The first-order chi connectivity index (χ1) is 4.33. The first kappa shape index (κ1) is 6.14. The van der Waals surface area contributed by atoms with Gasteiger partial charge >= 0.3 is 0 Å². The zero-order valence-electron chi connectivity index (χ0n) is 5.68. The second-order valence-electron chi connectivity index (χ2n) is 1.97. The average Bonchev–Trinajstić information content (AvgIpc) is 1.90. The van der Waals surface area contributed by atoms with Crippen molar-refractivity contribution in [3.8, 4) is 0 Å². The fourth-order valence-corrected chi connectivity index (χ4v) is 0.616. The van der Waals surface area contributed by atoms with Crippen molar-refractivity contribution in [2.24, 2.45) is 0 Å². The van der Waals surface area contributed by atoms with E-state index in [1.807, 2.05) is 33.2 Å². The van der Waals surface area contributed by atoms with Crippen molar-refractivity contribution >= 4 is 19.1 Å². The van der Waals surface area contributed by atoms with Crippen LogP contribution in [0.15, 0.2) is 18.3 Å². The van der Waals surface area contributed by atoms with Crippen LogP contribution in [0.5, 0.6) is 0 Å². The molecule has 1 aromatic rings. The highest BCUT2D eigenvalue weighted by Gasteiger charge is 1.85. The summed E-state index contributed by atoms with van der Waals surface area (Å²) < 4.78 is 0. The van der Waals surface area contributed by atoms with Crippen LogP contribution < -0.4 is 10.8 Å². The van der Waals surface area contributed by atoms with E-state index in [1.54, 1.807) is 0 Å². The van der Waals surface area contributed by atoms with Crippen molar-refractivity contribution in [1.29, 1.82) is 0 Å². The molecule has 0 saturated carbocycles. The first-order valence-electron chi connectivity index (χ1n) is 2.93. The van der Waals surface area contributed by atoms with Crippen LogP contribution >= 0.6 is 0 Å². The van der Waals surface area contributed by atoms with Gasteiger partial charge in [0.05, 0.1) is 0 Å². The molecular formula is C6H9BN2. The molecule has 0 aliphatic carbocycles. The molecule has 0 radical (unpaired) electrons. The summed E-state index contributed by atoms with van der Waals surface area (Å²) in [5, 5.41) is 2.94. The van der Waals surface area contributed by atoms with Gasteiger partial charge in [-0.2, -0.15) is 0 Å². The lowest BCUT2D eigenvalue weighted by atomic mass is 9.99. The summed E-state index contributed by atoms with van der Waals surface area (Å²) in [7, 11) is 3.88. The number of nitrogens with one attached hydrogen (secondary N) is 1. The molecular weight excluding hydrogens is 111 g/mol. The lowest BCUT2D eigenvalue weighted by Gasteiger charge is -1.96. The van der Waals surface area contributed by atoms with E-state index in [9.17, 15) is 0 Å². The Labute approximate surface area is 55.7 Å². The van der Waals surface area contributed by atoms with Gasteiger partial charge in [0.1, 0.15) is 13.7 Å². The van der Waals surface area contributed by atoms with Crippen molar-refractivity contribution < 1.29 is 0 Å². The van der Waals surface area contributed by atoms with Gasteiger partial charge in [-0.05, 0) is 6.07 Å². The second-order valence-corrected chi connectivity index (χ2v) is 1.97. The van der Waals surface area contributed by atoms with E-state index >= 15 is 0 Å². The third kappa shape index (κ3) is 1.45. The van der Waals surface area contributed by atoms with Gasteiger partial charge in [-0.15, -0.1) is 0 Å². The van der Waals surface area contributed by atoms with Crippen LogP contribution in [-0.2, 0) is 0 Å². The molecule has 46 valence electrons. The molecule has 0 fully saturated rings. The Bertz CT molecular complexity index is 183. The lowest BCUT2D eigenvalue weighted by molar-refractivity contribution is 1.30. The minimum atomic E-state index is 0.917. The molecule has 3 heteroatoms.